The van der Waals surface area contributed by atoms with Gasteiger partial charge in [-0.05, 0) is 35.9 Å². The van der Waals surface area contributed by atoms with Crippen LogP contribution in [0.5, 0.6) is 0 Å². The monoisotopic (exact) mass is 387 g/mol. The number of sulfonamides is 1. The summed E-state index contributed by atoms with van der Waals surface area (Å²) in [7, 11) is 1.71. The van der Waals surface area contributed by atoms with Crippen LogP contribution in [0.1, 0.15) is 15.9 Å². The molecule has 6 nitrogen and oxygen atoms in total. The van der Waals surface area contributed by atoms with Gasteiger partial charge in [0.15, 0.2) is 0 Å². The molecule has 0 unspecified atom stereocenters. The highest BCUT2D eigenvalue weighted by Gasteiger charge is 2.22. The molecule has 0 aliphatic carbocycles. The van der Waals surface area contributed by atoms with Crippen molar-refractivity contribution in [1.82, 2.24) is 9.62 Å². The molecule has 1 amide bonds. The second kappa shape index (κ2) is 8.83. The van der Waals surface area contributed by atoms with Gasteiger partial charge in [-0.3, -0.25) is 4.79 Å². The molecule has 0 radical (unpaired) electrons. The number of carbonyl (C=O) groups is 1. The summed E-state index contributed by atoms with van der Waals surface area (Å²) in [6, 6.07) is 13.7. The molecule has 0 aliphatic rings. The summed E-state index contributed by atoms with van der Waals surface area (Å²) in [6.45, 7) is 4.10. The molecule has 2 rings (SSSR count). The molecule has 7 heteroatoms. The van der Waals surface area contributed by atoms with Crippen LogP contribution in [0.15, 0.2) is 66.1 Å². The predicted octanol–water partition coefficient (Wildman–Crippen LogP) is 2.49. The van der Waals surface area contributed by atoms with Crippen molar-refractivity contribution in [2.45, 2.75) is 11.4 Å². The largest absolute Gasteiger partial charge is 0.378 e. The van der Waals surface area contributed by atoms with Crippen LogP contribution in [0.4, 0.5) is 5.69 Å². The number of nitrogens with zero attached hydrogens (tertiary/aromatic N) is 2. The average Bonchev–Trinajstić information content (AvgIpc) is 2.66. The molecule has 0 atom stereocenters. The SMILES string of the molecule is C=CCNC(=O)c1cccc(S(=O)(=O)N(C)Cc2ccc(N(C)C)cc2)c1. The Morgan fingerprint density at radius 2 is 1.78 bits per heavy atom. The third-order valence-corrected chi connectivity index (χ3v) is 5.87. The summed E-state index contributed by atoms with van der Waals surface area (Å²) < 4.78 is 27.0. The van der Waals surface area contributed by atoms with Gasteiger partial charge in [-0.25, -0.2) is 8.42 Å². The molecule has 0 bridgehead atoms. The molecule has 0 saturated heterocycles. The van der Waals surface area contributed by atoms with Crippen molar-refractivity contribution in [3.05, 3.63) is 72.3 Å². The van der Waals surface area contributed by atoms with Gasteiger partial charge >= 0.3 is 0 Å². The maximum atomic E-state index is 12.9. The van der Waals surface area contributed by atoms with Gasteiger partial charge in [0.2, 0.25) is 10.0 Å². The van der Waals surface area contributed by atoms with Gasteiger partial charge < -0.3 is 10.2 Å². The van der Waals surface area contributed by atoms with Crippen molar-refractivity contribution < 1.29 is 13.2 Å². The Balaban J connectivity index is 2.19. The van der Waals surface area contributed by atoms with E-state index < -0.39 is 10.0 Å². The fourth-order valence-electron chi connectivity index (χ4n) is 2.49. The quantitative estimate of drug-likeness (QED) is 0.707. The molecule has 0 aromatic heterocycles. The molecular formula is C20H25N3O3S. The van der Waals surface area contributed by atoms with Gasteiger partial charge in [0.1, 0.15) is 0 Å². The molecular weight excluding hydrogens is 362 g/mol. The lowest BCUT2D eigenvalue weighted by Crippen LogP contribution is -2.27. The maximum Gasteiger partial charge on any atom is 0.251 e. The number of nitrogens with one attached hydrogen (secondary N) is 1. The second-order valence-electron chi connectivity index (χ2n) is 6.35. The molecule has 144 valence electrons. The van der Waals surface area contributed by atoms with Crippen LogP contribution in [0.2, 0.25) is 0 Å². The highest BCUT2D eigenvalue weighted by molar-refractivity contribution is 7.89. The van der Waals surface area contributed by atoms with Gasteiger partial charge in [0.25, 0.3) is 5.91 Å². The van der Waals surface area contributed by atoms with Crippen molar-refractivity contribution in [1.29, 1.82) is 0 Å². The number of carbonyl (C=O) groups excluding carboxylic acids is 1. The lowest BCUT2D eigenvalue weighted by molar-refractivity contribution is 0.0958. The van der Waals surface area contributed by atoms with E-state index in [0.29, 0.717) is 12.1 Å². The van der Waals surface area contributed by atoms with Crippen molar-refractivity contribution in [3.63, 3.8) is 0 Å². The average molecular weight is 388 g/mol. The maximum absolute atomic E-state index is 12.9. The first-order chi connectivity index (χ1) is 12.8. The number of benzene rings is 2. The molecule has 1 N–H and O–H groups in total. The molecule has 0 saturated carbocycles. The first-order valence-electron chi connectivity index (χ1n) is 8.47. The lowest BCUT2D eigenvalue weighted by atomic mass is 10.2. The molecule has 2 aromatic rings. The van der Waals surface area contributed by atoms with E-state index in [1.54, 1.807) is 18.2 Å². The molecule has 0 aliphatic heterocycles. The summed E-state index contributed by atoms with van der Waals surface area (Å²) in [5.74, 6) is -0.339. The Labute approximate surface area is 161 Å². The minimum absolute atomic E-state index is 0.0844. The first-order valence-corrected chi connectivity index (χ1v) is 9.91. The Bertz CT molecular complexity index is 906. The number of anilines is 1. The van der Waals surface area contributed by atoms with Gasteiger partial charge in [0.05, 0.1) is 4.90 Å². The van der Waals surface area contributed by atoms with Crippen molar-refractivity contribution in [2.75, 3.05) is 32.6 Å². The van der Waals surface area contributed by atoms with E-state index in [9.17, 15) is 13.2 Å². The summed E-state index contributed by atoms with van der Waals surface area (Å²) >= 11 is 0. The van der Waals surface area contributed by atoms with Crippen molar-refractivity contribution in [2.24, 2.45) is 0 Å². The van der Waals surface area contributed by atoms with E-state index in [2.05, 4.69) is 11.9 Å². The van der Waals surface area contributed by atoms with Crippen LogP contribution in [0, 0.1) is 0 Å². The lowest BCUT2D eigenvalue weighted by Gasteiger charge is -2.19. The fraction of sp³-hybridized carbons (Fsp3) is 0.250. The Hall–Kier alpha value is -2.64. The second-order valence-corrected chi connectivity index (χ2v) is 8.39. The Morgan fingerprint density at radius 3 is 2.37 bits per heavy atom. The minimum atomic E-state index is -3.72. The third kappa shape index (κ3) is 5.18. The van der Waals surface area contributed by atoms with E-state index in [4.69, 9.17) is 0 Å². The van der Waals surface area contributed by atoms with E-state index in [1.807, 2.05) is 43.3 Å². The van der Waals surface area contributed by atoms with Crippen molar-refractivity contribution in [3.8, 4) is 0 Å². The fourth-order valence-corrected chi connectivity index (χ4v) is 3.69. The van der Waals surface area contributed by atoms with Gasteiger partial charge in [0, 0.05) is 45.5 Å². The van der Waals surface area contributed by atoms with Gasteiger partial charge in [-0.2, -0.15) is 4.31 Å². The predicted molar refractivity (Wildman–Crippen MR) is 108 cm³/mol. The number of hydrogen-bond donors (Lipinski definition) is 1. The highest BCUT2D eigenvalue weighted by atomic mass is 32.2. The summed E-state index contributed by atoms with van der Waals surface area (Å²) in [6.07, 6.45) is 1.56. The number of amides is 1. The van der Waals surface area contributed by atoms with Crippen LogP contribution in [-0.2, 0) is 16.6 Å². The topological polar surface area (TPSA) is 69.7 Å². The molecule has 0 fully saturated rings. The van der Waals surface area contributed by atoms with E-state index >= 15 is 0 Å². The van der Waals surface area contributed by atoms with Crippen molar-refractivity contribution >= 4 is 21.6 Å². The summed E-state index contributed by atoms with van der Waals surface area (Å²) in [5, 5.41) is 2.64. The summed E-state index contributed by atoms with van der Waals surface area (Å²) in [5.41, 5.74) is 2.22. The zero-order valence-corrected chi connectivity index (χ0v) is 16.7. The highest BCUT2D eigenvalue weighted by Crippen LogP contribution is 2.19. The Morgan fingerprint density at radius 1 is 1.11 bits per heavy atom. The van der Waals surface area contributed by atoms with Crippen LogP contribution in [0.3, 0.4) is 0 Å². The zero-order valence-electron chi connectivity index (χ0n) is 15.8. The molecule has 2 aromatic carbocycles. The smallest absolute Gasteiger partial charge is 0.251 e. The molecule has 0 spiro atoms. The third-order valence-electron chi connectivity index (χ3n) is 4.07. The minimum Gasteiger partial charge on any atom is -0.378 e. The van der Waals surface area contributed by atoms with Crippen LogP contribution in [0.25, 0.3) is 0 Å². The number of hydrogen-bond acceptors (Lipinski definition) is 4. The normalized spacial score (nSPS) is 11.3. The first kappa shape index (κ1) is 20.7. The van der Waals surface area contributed by atoms with Crippen LogP contribution < -0.4 is 10.2 Å². The number of rotatable bonds is 8. The van der Waals surface area contributed by atoms with Crippen LogP contribution >= 0.6 is 0 Å². The summed E-state index contributed by atoms with van der Waals surface area (Å²) in [4.78, 5) is 14.1. The van der Waals surface area contributed by atoms with E-state index in [-0.39, 0.29) is 17.3 Å². The van der Waals surface area contributed by atoms with Crippen LogP contribution in [-0.4, -0.2) is 46.3 Å². The van der Waals surface area contributed by atoms with Gasteiger partial charge in [-0.1, -0.05) is 24.3 Å². The molecule has 0 heterocycles. The van der Waals surface area contributed by atoms with Gasteiger partial charge in [-0.15, -0.1) is 6.58 Å². The zero-order chi connectivity index (χ0) is 20.0. The molecule has 27 heavy (non-hydrogen) atoms. The van der Waals surface area contributed by atoms with E-state index in [1.165, 1.54) is 23.5 Å². The Kier molecular flexibility index (Phi) is 6.76. The van der Waals surface area contributed by atoms with E-state index in [0.717, 1.165) is 11.3 Å². The standard InChI is InChI=1S/C20H25N3O3S/c1-5-13-21-20(24)17-7-6-8-19(14-17)27(25,26)23(4)15-16-9-11-18(12-10-16)22(2)3/h5-12,14H,1,13,15H2,2-4H3,(H,21,24).